The predicted octanol–water partition coefficient (Wildman–Crippen LogP) is 18.9. The van der Waals surface area contributed by atoms with Crippen molar-refractivity contribution in [3.05, 3.63) is 271 Å². The molecular weight excluding hydrogens is 923 g/mol. The largest absolute Gasteiger partial charge is 0.411 e. The molecule has 0 aliphatic heterocycles. The van der Waals surface area contributed by atoms with Crippen LogP contribution in [0.1, 0.15) is 16.7 Å². The maximum Gasteiger partial charge on any atom is 0.411 e. The first kappa shape index (κ1) is 47.4. The van der Waals surface area contributed by atoms with Gasteiger partial charge < -0.3 is 0 Å². The van der Waals surface area contributed by atoms with Crippen LogP contribution in [0.4, 0.5) is 32.0 Å². The van der Waals surface area contributed by atoms with Crippen LogP contribution in [-0.2, 0) is 5.41 Å². The molecule has 352 valence electrons. The summed E-state index contributed by atoms with van der Waals surface area (Å²) in [7, 11) is 0. The van der Waals surface area contributed by atoms with Crippen molar-refractivity contribution in [1.82, 2.24) is 0 Å². The third-order valence-electron chi connectivity index (χ3n) is 13.3. The molecule has 0 bridgehead atoms. The Balaban J connectivity index is 1.32. The van der Waals surface area contributed by atoms with Crippen LogP contribution in [0.15, 0.2) is 243 Å². The van der Waals surface area contributed by atoms with Gasteiger partial charge in [-0.25, -0.2) is 4.85 Å². The van der Waals surface area contributed by atoms with Crippen molar-refractivity contribution in [2.75, 3.05) is 0 Å². The van der Waals surface area contributed by atoms with E-state index in [1.165, 1.54) is 0 Å². The highest BCUT2D eigenvalue weighted by Gasteiger charge is 2.73. The molecule has 0 atom stereocenters. The first-order valence-corrected chi connectivity index (χ1v) is 23.3. The average Bonchev–Trinajstić information content (AvgIpc) is 3.43. The third-order valence-corrected chi connectivity index (χ3v) is 13.3. The molecule has 10 aromatic rings. The lowest BCUT2D eigenvalue weighted by Crippen LogP contribution is -2.54. The minimum absolute atomic E-state index is 0.113. The van der Waals surface area contributed by atoms with Crippen LogP contribution in [0.25, 0.3) is 93.9 Å². The van der Waals surface area contributed by atoms with E-state index in [1.807, 2.05) is 121 Å². The third kappa shape index (κ3) is 8.97. The molecule has 0 spiro atoms. The lowest BCUT2D eigenvalue weighted by Gasteiger charge is -2.39. The molecule has 73 heavy (non-hydrogen) atoms. The Bertz CT molecular complexity index is 3260. The smallest absolute Gasteiger partial charge is 0.237 e. The zero-order valence-corrected chi connectivity index (χ0v) is 38.8. The van der Waals surface area contributed by atoms with Crippen LogP contribution in [0, 0.1) is 17.9 Å². The second-order valence-electron chi connectivity index (χ2n) is 17.6. The summed E-state index contributed by atoms with van der Waals surface area (Å²) in [4.78, 5) is 3.90. The highest BCUT2D eigenvalue weighted by Crippen LogP contribution is 2.59. The molecule has 10 rings (SSSR count). The molecule has 2 nitrogen and oxygen atoms in total. The quantitative estimate of drug-likeness (QED) is 0.0991. The Hall–Kier alpha value is -9.24. The highest BCUT2D eigenvalue weighted by molar-refractivity contribution is 5.94. The Morgan fingerprint density at radius 1 is 0.315 bits per heavy atom. The fourth-order valence-electron chi connectivity index (χ4n) is 9.82. The van der Waals surface area contributed by atoms with Crippen LogP contribution in [-0.4, -0.2) is 12.4 Å². The van der Waals surface area contributed by atoms with E-state index >= 15 is 26.3 Å². The molecule has 0 saturated carbocycles. The van der Waals surface area contributed by atoms with Crippen molar-refractivity contribution >= 4 is 5.69 Å². The number of nitriles is 1. The zero-order valence-electron chi connectivity index (χ0n) is 38.8. The number of halogens is 6. The molecule has 0 amide bonds. The summed E-state index contributed by atoms with van der Waals surface area (Å²) in [6, 6.07) is 69.2. The number of alkyl halides is 6. The van der Waals surface area contributed by atoms with E-state index in [0.29, 0.717) is 22.3 Å². The summed E-state index contributed by atoms with van der Waals surface area (Å²) in [5, 5.41) is 11.1. The Morgan fingerprint density at radius 3 is 0.822 bits per heavy atom. The van der Waals surface area contributed by atoms with E-state index in [4.69, 9.17) is 6.57 Å². The zero-order chi connectivity index (χ0) is 50.7. The average molecular weight is 963 g/mol. The van der Waals surface area contributed by atoms with E-state index in [0.717, 1.165) is 46.5 Å². The van der Waals surface area contributed by atoms with Crippen LogP contribution in [0.5, 0.6) is 0 Å². The van der Waals surface area contributed by atoms with Gasteiger partial charge in [0.2, 0.25) is 11.1 Å². The lowest BCUT2D eigenvalue weighted by atomic mass is 9.69. The topological polar surface area (TPSA) is 28.1 Å². The summed E-state index contributed by atoms with van der Waals surface area (Å²) in [6.45, 7) is 8.60. The second kappa shape index (κ2) is 19.5. The molecule has 0 heterocycles. The molecule has 10 aromatic carbocycles. The fraction of sp³-hybridized carbons (Fsp3) is 0.0462. The summed E-state index contributed by atoms with van der Waals surface area (Å²) < 4.78 is 102. The van der Waals surface area contributed by atoms with Crippen molar-refractivity contribution in [1.29, 1.82) is 5.26 Å². The van der Waals surface area contributed by atoms with Gasteiger partial charge in [-0.1, -0.05) is 206 Å². The Labute approximate surface area is 419 Å². The van der Waals surface area contributed by atoms with Gasteiger partial charge in [0.25, 0.3) is 0 Å². The molecule has 0 aliphatic carbocycles. The van der Waals surface area contributed by atoms with E-state index in [-0.39, 0.29) is 55.8 Å². The Morgan fingerprint density at radius 2 is 0.562 bits per heavy atom. The number of hydrogen-bond donors (Lipinski definition) is 0. The minimum Gasteiger partial charge on any atom is -0.237 e. The van der Waals surface area contributed by atoms with Gasteiger partial charge in [0, 0.05) is 11.1 Å². The molecule has 0 fully saturated rings. The first-order valence-electron chi connectivity index (χ1n) is 23.3. The predicted molar refractivity (Wildman–Crippen MR) is 280 cm³/mol. The van der Waals surface area contributed by atoms with Gasteiger partial charge >= 0.3 is 12.4 Å². The lowest BCUT2D eigenvalue weighted by molar-refractivity contribution is -0.288. The van der Waals surface area contributed by atoms with Crippen molar-refractivity contribution in [2.45, 2.75) is 17.8 Å². The van der Waals surface area contributed by atoms with Crippen LogP contribution in [0.2, 0.25) is 0 Å². The molecule has 0 unspecified atom stereocenters. The van der Waals surface area contributed by atoms with Gasteiger partial charge in [0.05, 0.1) is 12.1 Å². The first-order chi connectivity index (χ1) is 35.4. The normalized spacial score (nSPS) is 11.7. The van der Waals surface area contributed by atoms with Crippen molar-refractivity contribution in [3.63, 3.8) is 0 Å². The fourth-order valence-corrected chi connectivity index (χ4v) is 9.82. The molecular formula is C65H40F6N2. The van der Waals surface area contributed by atoms with Gasteiger partial charge in [-0.05, 0) is 125 Å². The monoisotopic (exact) mass is 962 g/mol. The maximum atomic E-state index is 17.0. The second-order valence-corrected chi connectivity index (χ2v) is 17.6. The molecule has 0 N–H and O–H groups in total. The SMILES string of the molecule is [C-]#[N+]c1c(-c2cccc(-c3ccccc3)c2)cc(C(c2cc(-c3cccc(-c4ccccc4)c3)c(C#N)c(-c3cccc(-c4ccccc4)c3)c2)(C(F)(F)F)C(F)(F)F)cc1-c1cccc(-c2ccccc2)c1. The number of nitrogens with zero attached hydrogens (tertiary/aromatic N) is 2. The standard InChI is InChI=1S/C65H40F6N2/c1-73-62-59(53-32-16-28-49(36-53)45-22-10-4-11-23-45)40-56(41-60(62)54-33-17-29-50(37-54)46-24-12-5-13-25-46)63(64(66,67)68,65(69,70)71)55-38-57(51-30-14-26-47(34-51)43-18-6-2-7-19-43)61(42-72)58(39-55)52-31-15-27-48(35-52)44-20-8-3-9-21-44/h2-41H. The Kier molecular flexibility index (Phi) is 12.7. The summed E-state index contributed by atoms with van der Waals surface area (Å²) in [6.07, 6.45) is -12.1. The molecule has 0 radical (unpaired) electrons. The maximum absolute atomic E-state index is 17.0. The molecule has 0 aliphatic rings. The van der Waals surface area contributed by atoms with Gasteiger partial charge in [-0.2, -0.15) is 31.6 Å². The minimum atomic E-state index is -6.07. The van der Waals surface area contributed by atoms with E-state index in [2.05, 4.69) is 10.9 Å². The highest BCUT2D eigenvalue weighted by atomic mass is 19.4. The molecule has 0 aromatic heterocycles. The van der Waals surface area contributed by atoms with Crippen molar-refractivity contribution in [3.8, 4) is 95.1 Å². The molecule has 0 saturated heterocycles. The summed E-state index contributed by atoms with van der Waals surface area (Å²) in [5.41, 5.74) is -1.28. The number of rotatable bonds is 10. The van der Waals surface area contributed by atoms with Crippen molar-refractivity contribution < 1.29 is 26.3 Å². The molecule has 8 heteroatoms. The van der Waals surface area contributed by atoms with Gasteiger partial charge in [-0.3, -0.25) is 0 Å². The number of benzene rings is 10. The van der Waals surface area contributed by atoms with Gasteiger partial charge in [0.15, 0.2) is 0 Å². The van der Waals surface area contributed by atoms with Gasteiger partial charge in [-0.15, -0.1) is 0 Å². The number of hydrogen-bond acceptors (Lipinski definition) is 1. The van der Waals surface area contributed by atoms with E-state index in [9.17, 15) is 5.26 Å². The summed E-state index contributed by atoms with van der Waals surface area (Å²) in [5.74, 6) is 0. The van der Waals surface area contributed by atoms with Crippen LogP contribution in [0.3, 0.4) is 0 Å². The van der Waals surface area contributed by atoms with E-state index in [1.54, 1.807) is 97.1 Å². The van der Waals surface area contributed by atoms with Crippen molar-refractivity contribution in [2.24, 2.45) is 0 Å². The van der Waals surface area contributed by atoms with E-state index < -0.39 is 28.9 Å². The van der Waals surface area contributed by atoms with Crippen LogP contribution < -0.4 is 0 Å². The van der Waals surface area contributed by atoms with Gasteiger partial charge in [0.1, 0.15) is 6.07 Å². The van der Waals surface area contributed by atoms with Crippen LogP contribution >= 0.6 is 0 Å². The summed E-state index contributed by atoms with van der Waals surface area (Å²) >= 11 is 0.